The van der Waals surface area contributed by atoms with E-state index in [0.29, 0.717) is 0 Å². The highest BCUT2D eigenvalue weighted by molar-refractivity contribution is 5.63. The zero-order valence-corrected chi connectivity index (χ0v) is 25.5. The Morgan fingerprint density at radius 1 is 0.462 bits per heavy atom. The highest BCUT2D eigenvalue weighted by atomic mass is 14.7. The zero-order chi connectivity index (χ0) is 27.6. The van der Waals surface area contributed by atoms with Gasteiger partial charge < -0.3 is 0 Å². The molecule has 0 aliphatic rings. The zero-order valence-electron chi connectivity index (χ0n) is 25.5. The topological polar surface area (TPSA) is 24.7 Å². The molecule has 0 heterocycles. The molecular formula is C37H58N2. The summed E-state index contributed by atoms with van der Waals surface area (Å²) in [4.78, 5) is 9.38. The summed E-state index contributed by atoms with van der Waals surface area (Å²) in [6.07, 6.45) is 31.7. The summed E-state index contributed by atoms with van der Waals surface area (Å²) in [5.41, 5.74) is 4.97. The molecule has 0 saturated carbocycles. The monoisotopic (exact) mass is 530 g/mol. The maximum Gasteiger partial charge on any atom is 0.0628 e. The second-order valence-corrected chi connectivity index (χ2v) is 11.3. The van der Waals surface area contributed by atoms with E-state index in [1.165, 1.54) is 114 Å². The molecule has 0 aromatic heterocycles. The minimum atomic E-state index is 1.08. The van der Waals surface area contributed by atoms with Crippen molar-refractivity contribution < 1.29 is 0 Å². The average molecular weight is 531 g/mol. The van der Waals surface area contributed by atoms with Crippen LogP contribution < -0.4 is 0 Å². The van der Waals surface area contributed by atoms with Gasteiger partial charge in [-0.25, -0.2) is 0 Å². The lowest BCUT2D eigenvalue weighted by Gasteiger charge is -2.04. The lowest BCUT2D eigenvalue weighted by molar-refractivity contribution is 0.581. The first-order valence-corrected chi connectivity index (χ1v) is 16.5. The number of benzene rings is 2. The first kappa shape index (κ1) is 33.0. The van der Waals surface area contributed by atoms with E-state index in [2.05, 4.69) is 79.8 Å². The summed E-state index contributed by atoms with van der Waals surface area (Å²) in [6, 6.07) is 17.6. The summed E-state index contributed by atoms with van der Waals surface area (Å²) in [7, 11) is 0. The molecule has 216 valence electrons. The van der Waals surface area contributed by atoms with Crippen molar-refractivity contribution in [3.8, 4) is 0 Å². The van der Waals surface area contributed by atoms with Crippen LogP contribution in [0.15, 0.2) is 58.5 Å². The van der Waals surface area contributed by atoms with Crippen molar-refractivity contribution in [3.05, 3.63) is 59.7 Å². The van der Waals surface area contributed by atoms with Crippen LogP contribution in [-0.2, 0) is 12.8 Å². The molecule has 2 aromatic carbocycles. The fourth-order valence-electron chi connectivity index (χ4n) is 5.12. The van der Waals surface area contributed by atoms with Gasteiger partial charge >= 0.3 is 0 Å². The van der Waals surface area contributed by atoms with Crippen molar-refractivity contribution in [2.45, 2.75) is 149 Å². The number of aryl methyl sites for hydroxylation is 2. The molecule has 2 heteroatoms. The molecule has 0 atom stereocenters. The molecule has 0 aliphatic heterocycles. The van der Waals surface area contributed by atoms with E-state index < -0.39 is 0 Å². The normalized spacial score (nSPS) is 11.7. The molecule has 0 bridgehead atoms. The van der Waals surface area contributed by atoms with Crippen LogP contribution in [0.2, 0.25) is 0 Å². The van der Waals surface area contributed by atoms with E-state index in [1.54, 1.807) is 0 Å². The predicted octanol–water partition coefficient (Wildman–Crippen LogP) is 12.3. The van der Waals surface area contributed by atoms with Crippen LogP contribution >= 0.6 is 0 Å². The SMILES string of the molecule is CCCCCCCCCCC=Nc1ccc(CCCc2cccc(N=CCCCCCCCCCC)c2)cc1. The van der Waals surface area contributed by atoms with Crippen LogP contribution in [0.3, 0.4) is 0 Å². The molecule has 0 saturated heterocycles. The maximum atomic E-state index is 4.72. The molecule has 0 N–H and O–H groups in total. The fraction of sp³-hybridized carbons (Fsp3) is 0.622. The molecule has 0 fully saturated rings. The van der Waals surface area contributed by atoms with Gasteiger partial charge in [-0.3, -0.25) is 9.98 Å². The van der Waals surface area contributed by atoms with Gasteiger partial charge in [0.25, 0.3) is 0 Å². The first-order valence-electron chi connectivity index (χ1n) is 16.5. The van der Waals surface area contributed by atoms with Crippen molar-refractivity contribution in [1.29, 1.82) is 0 Å². The molecule has 0 unspecified atom stereocenters. The van der Waals surface area contributed by atoms with Gasteiger partial charge in [-0.05, 0) is 80.3 Å². The smallest absolute Gasteiger partial charge is 0.0628 e. The van der Waals surface area contributed by atoms with Crippen molar-refractivity contribution in [1.82, 2.24) is 0 Å². The summed E-state index contributed by atoms with van der Waals surface area (Å²) in [5, 5.41) is 0. The third kappa shape index (κ3) is 17.9. The largest absolute Gasteiger partial charge is 0.261 e. The van der Waals surface area contributed by atoms with Gasteiger partial charge in [-0.1, -0.05) is 128 Å². The van der Waals surface area contributed by atoms with E-state index >= 15 is 0 Å². The molecule has 0 aliphatic carbocycles. The second kappa shape index (κ2) is 23.6. The van der Waals surface area contributed by atoms with Crippen LogP contribution in [0.25, 0.3) is 0 Å². The average Bonchev–Trinajstić information content (AvgIpc) is 2.96. The minimum Gasteiger partial charge on any atom is -0.261 e. The van der Waals surface area contributed by atoms with Crippen molar-refractivity contribution in [2.75, 3.05) is 0 Å². The van der Waals surface area contributed by atoms with Crippen molar-refractivity contribution in [3.63, 3.8) is 0 Å². The fourth-order valence-corrected chi connectivity index (χ4v) is 5.12. The van der Waals surface area contributed by atoms with Crippen LogP contribution in [0, 0.1) is 0 Å². The lowest BCUT2D eigenvalue weighted by Crippen LogP contribution is -1.90. The van der Waals surface area contributed by atoms with Gasteiger partial charge in [0.2, 0.25) is 0 Å². The van der Waals surface area contributed by atoms with Crippen LogP contribution in [0.4, 0.5) is 11.4 Å². The summed E-state index contributed by atoms with van der Waals surface area (Å²) < 4.78 is 0. The van der Waals surface area contributed by atoms with Gasteiger partial charge in [-0.15, -0.1) is 0 Å². The van der Waals surface area contributed by atoms with E-state index in [0.717, 1.165) is 43.5 Å². The third-order valence-electron chi connectivity index (χ3n) is 7.63. The number of rotatable bonds is 24. The number of unbranched alkanes of at least 4 members (excludes halogenated alkanes) is 16. The molecule has 2 aromatic rings. The van der Waals surface area contributed by atoms with E-state index in [9.17, 15) is 0 Å². The molecule has 0 radical (unpaired) electrons. The Morgan fingerprint density at radius 3 is 1.51 bits per heavy atom. The molecule has 2 nitrogen and oxygen atoms in total. The highest BCUT2D eigenvalue weighted by Crippen LogP contribution is 2.18. The summed E-state index contributed by atoms with van der Waals surface area (Å²) >= 11 is 0. The number of hydrogen-bond acceptors (Lipinski definition) is 2. The standard InChI is InChI=1S/C37H58N2/c1-3-5-7-9-11-13-15-17-19-31-38-36-29-27-34(28-30-36)23-21-24-35-25-22-26-37(33-35)39-32-20-18-16-14-12-10-8-6-4-2/h22,25-33H,3-21,23-24H2,1-2H3. The molecule has 0 amide bonds. The molecule has 2 rings (SSSR count). The Kier molecular flexibility index (Phi) is 20.0. The van der Waals surface area contributed by atoms with Crippen LogP contribution in [0.1, 0.15) is 147 Å². The highest BCUT2D eigenvalue weighted by Gasteiger charge is 1.99. The van der Waals surface area contributed by atoms with E-state index in [-0.39, 0.29) is 0 Å². The summed E-state index contributed by atoms with van der Waals surface area (Å²) in [5.74, 6) is 0. The Morgan fingerprint density at radius 2 is 0.949 bits per heavy atom. The van der Waals surface area contributed by atoms with Gasteiger partial charge in [0.1, 0.15) is 0 Å². The first-order chi connectivity index (χ1) is 19.3. The van der Waals surface area contributed by atoms with Crippen LogP contribution in [0.5, 0.6) is 0 Å². The van der Waals surface area contributed by atoms with Gasteiger partial charge in [0, 0.05) is 12.4 Å². The van der Waals surface area contributed by atoms with Gasteiger partial charge in [0.05, 0.1) is 11.4 Å². The van der Waals surface area contributed by atoms with Crippen LogP contribution in [-0.4, -0.2) is 12.4 Å². The summed E-state index contributed by atoms with van der Waals surface area (Å²) in [6.45, 7) is 4.56. The Balaban J connectivity index is 1.56. The maximum absolute atomic E-state index is 4.72. The molecular weight excluding hydrogens is 472 g/mol. The number of aliphatic imine (C=N–C) groups is 2. The van der Waals surface area contributed by atoms with E-state index in [1.807, 2.05) is 0 Å². The Labute approximate surface area is 241 Å². The van der Waals surface area contributed by atoms with Gasteiger partial charge in [-0.2, -0.15) is 0 Å². The second-order valence-electron chi connectivity index (χ2n) is 11.3. The quantitative estimate of drug-likeness (QED) is 0.0952. The number of hydrogen-bond donors (Lipinski definition) is 0. The molecule has 0 spiro atoms. The Hall–Kier alpha value is -2.22. The number of nitrogens with zero attached hydrogens (tertiary/aromatic N) is 2. The molecule has 39 heavy (non-hydrogen) atoms. The van der Waals surface area contributed by atoms with Crippen molar-refractivity contribution in [2.24, 2.45) is 9.98 Å². The van der Waals surface area contributed by atoms with Crippen molar-refractivity contribution >= 4 is 23.8 Å². The Bertz CT molecular complexity index is 881. The van der Waals surface area contributed by atoms with Gasteiger partial charge in [0.15, 0.2) is 0 Å². The lowest BCUT2D eigenvalue weighted by atomic mass is 10.0. The minimum absolute atomic E-state index is 1.08. The van der Waals surface area contributed by atoms with E-state index in [4.69, 9.17) is 4.99 Å². The predicted molar refractivity (Wildman–Crippen MR) is 176 cm³/mol. The third-order valence-corrected chi connectivity index (χ3v) is 7.63.